The summed E-state index contributed by atoms with van der Waals surface area (Å²) in [5, 5.41) is 2.78. The van der Waals surface area contributed by atoms with Crippen LogP contribution in [0.2, 0.25) is 0 Å². The Morgan fingerprint density at radius 3 is 2.28 bits per heavy atom. The van der Waals surface area contributed by atoms with Gasteiger partial charge < -0.3 is 15.1 Å². The predicted octanol–water partition coefficient (Wildman–Crippen LogP) is 2.69. The van der Waals surface area contributed by atoms with Crippen molar-refractivity contribution in [3.8, 4) is 0 Å². The van der Waals surface area contributed by atoms with E-state index in [2.05, 4.69) is 11.4 Å². The molecule has 0 saturated carbocycles. The van der Waals surface area contributed by atoms with Crippen molar-refractivity contribution in [1.82, 2.24) is 10.2 Å². The molecule has 0 saturated heterocycles. The van der Waals surface area contributed by atoms with Crippen LogP contribution in [0.3, 0.4) is 0 Å². The van der Waals surface area contributed by atoms with Crippen LogP contribution in [0.15, 0.2) is 48.5 Å². The van der Waals surface area contributed by atoms with Crippen LogP contribution in [0.4, 0.5) is 10.5 Å². The largest absolute Gasteiger partial charge is 0.329 e. The second-order valence-electron chi connectivity index (χ2n) is 6.56. The molecule has 5 heteroatoms. The van der Waals surface area contributed by atoms with Crippen LogP contribution in [-0.2, 0) is 24.3 Å². The average Bonchev–Trinajstić information content (AvgIpc) is 3.09. The third kappa shape index (κ3) is 3.09. The van der Waals surface area contributed by atoms with Crippen LogP contribution >= 0.6 is 0 Å². The summed E-state index contributed by atoms with van der Waals surface area (Å²) in [6.07, 6.45) is 1.95. The standard InChI is InChI=1S/C20H21N3O2/c24-19(23-11-5-9-15-6-3-4-10-18(15)23)12-21-20(25)22-13-16-7-1-2-8-17(16)14-22/h1-4,6-8,10H,5,9,11-14H2,(H,21,25). The van der Waals surface area contributed by atoms with Crippen molar-refractivity contribution in [3.63, 3.8) is 0 Å². The average molecular weight is 335 g/mol. The van der Waals surface area contributed by atoms with Crippen LogP contribution in [0, 0.1) is 0 Å². The minimum atomic E-state index is -0.185. The summed E-state index contributed by atoms with van der Waals surface area (Å²) in [7, 11) is 0. The van der Waals surface area contributed by atoms with Crippen LogP contribution in [0.1, 0.15) is 23.1 Å². The molecule has 0 fully saturated rings. The second-order valence-corrected chi connectivity index (χ2v) is 6.56. The van der Waals surface area contributed by atoms with Gasteiger partial charge >= 0.3 is 6.03 Å². The monoisotopic (exact) mass is 335 g/mol. The summed E-state index contributed by atoms with van der Waals surface area (Å²) in [6, 6.07) is 15.9. The van der Waals surface area contributed by atoms with E-state index < -0.39 is 0 Å². The lowest BCUT2D eigenvalue weighted by molar-refractivity contribution is -0.117. The number of rotatable bonds is 2. The maximum absolute atomic E-state index is 12.6. The molecule has 0 aliphatic carbocycles. The summed E-state index contributed by atoms with van der Waals surface area (Å²) in [4.78, 5) is 28.5. The summed E-state index contributed by atoms with van der Waals surface area (Å²) in [5.41, 5.74) is 4.52. The van der Waals surface area contributed by atoms with E-state index in [9.17, 15) is 9.59 Å². The number of urea groups is 1. The predicted molar refractivity (Wildman–Crippen MR) is 96.2 cm³/mol. The Balaban J connectivity index is 1.36. The zero-order valence-corrected chi connectivity index (χ0v) is 14.1. The number of anilines is 1. The van der Waals surface area contributed by atoms with Crippen molar-refractivity contribution < 1.29 is 9.59 Å². The van der Waals surface area contributed by atoms with Gasteiger partial charge in [0, 0.05) is 25.3 Å². The van der Waals surface area contributed by atoms with Crippen LogP contribution in [-0.4, -0.2) is 29.9 Å². The van der Waals surface area contributed by atoms with Gasteiger partial charge in [0.2, 0.25) is 5.91 Å². The lowest BCUT2D eigenvalue weighted by Gasteiger charge is -2.29. The highest BCUT2D eigenvalue weighted by Crippen LogP contribution is 2.26. The molecule has 0 spiro atoms. The van der Waals surface area contributed by atoms with Gasteiger partial charge in [-0.15, -0.1) is 0 Å². The van der Waals surface area contributed by atoms with E-state index in [0.29, 0.717) is 19.6 Å². The molecule has 0 atom stereocenters. The number of para-hydroxylation sites is 1. The SMILES string of the molecule is O=C(NCC(=O)N1CCCc2ccccc21)N1Cc2ccccc2C1. The lowest BCUT2D eigenvalue weighted by Crippen LogP contribution is -2.45. The molecule has 2 aliphatic heterocycles. The van der Waals surface area contributed by atoms with Gasteiger partial charge in [0.25, 0.3) is 0 Å². The normalized spacial score (nSPS) is 15.5. The molecular weight excluding hydrogens is 314 g/mol. The zero-order chi connectivity index (χ0) is 17.2. The Morgan fingerprint density at radius 1 is 0.920 bits per heavy atom. The van der Waals surface area contributed by atoms with Crippen molar-refractivity contribution in [3.05, 3.63) is 65.2 Å². The molecule has 2 aliphatic rings. The van der Waals surface area contributed by atoms with Crippen molar-refractivity contribution in [2.75, 3.05) is 18.0 Å². The number of nitrogens with zero attached hydrogens (tertiary/aromatic N) is 2. The van der Waals surface area contributed by atoms with E-state index in [1.165, 1.54) is 16.7 Å². The smallest absolute Gasteiger partial charge is 0.318 e. The van der Waals surface area contributed by atoms with Gasteiger partial charge in [-0.2, -0.15) is 0 Å². The van der Waals surface area contributed by atoms with Gasteiger partial charge in [0.15, 0.2) is 0 Å². The Bertz CT molecular complexity index is 793. The first kappa shape index (κ1) is 15.7. The molecule has 4 rings (SSSR count). The Kier molecular flexibility index (Phi) is 4.14. The highest BCUT2D eigenvalue weighted by Gasteiger charge is 2.25. The van der Waals surface area contributed by atoms with E-state index in [4.69, 9.17) is 0 Å². The van der Waals surface area contributed by atoms with Crippen molar-refractivity contribution in [2.24, 2.45) is 0 Å². The fourth-order valence-corrected chi connectivity index (χ4v) is 3.63. The molecule has 1 N–H and O–H groups in total. The van der Waals surface area contributed by atoms with Gasteiger partial charge in [-0.25, -0.2) is 4.79 Å². The number of amides is 3. The van der Waals surface area contributed by atoms with E-state index >= 15 is 0 Å². The molecule has 5 nitrogen and oxygen atoms in total. The molecule has 0 unspecified atom stereocenters. The molecular formula is C20H21N3O2. The number of carbonyl (C=O) groups is 2. The number of fused-ring (bicyclic) bond motifs is 2. The third-order valence-corrected chi connectivity index (χ3v) is 4.93. The summed E-state index contributed by atoms with van der Waals surface area (Å²) >= 11 is 0. The molecule has 0 aromatic heterocycles. The molecule has 2 aromatic carbocycles. The molecule has 128 valence electrons. The summed E-state index contributed by atoms with van der Waals surface area (Å²) < 4.78 is 0. The molecule has 3 amide bonds. The topological polar surface area (TPSA) is 52.7 Å². The highest BCUT2D eigenvalue weighted by molar-refractivity contribution is 5.97. The van der Waals surface area contributed by atoms with Gasteiger partial charge in [-0.05, 0) is 35.6 Å². The van der Waals surface area contributed by atoms with E-state index in [1.54, 1.807) is 9.80 Å². The van der Waals surface area contributed by atoms with E-state index in [-0.39, 0.29) is 18.5 Å². The summed E-state index contributed by atoms with van der Waals surface area (Å²) in [6.45, 7) is 1.94. The number of carbonyl (C=O) groups excluding carboxylic acids is 2. The van der Waals surface area contributed by atoms with Gasteiger partial charge in [-0.1, -0.05) is 42.5 Å². The van der Waals surface area contributed by atoms with Crippen LogP contribution in [0.25, 0.3) is 0 Å². The zero-order valence-electron chi connectivity index (χ0n) is 14.1. The van der Waals surface area contributed by atoms with Crippen molar-refractivity contribution in [2.45, 2.75) is 25.9 Å². The maximum atomic E-state index is 12.6. The highest BCUT2D eigenvalue weighted by atomic mass is 16.2. The molecule has 25 heavy (non-hydrogen) atoms. The van der Waals surface area contributed by atoms with Crippen LogP contribution in [0.5, 0.6) is 0 Å². The number of hydrogen-bond donors (Lipinski definition) is 1. The Morgan fingerprint density at radius 2 is 1.56 bits per heavy atom. The molecule has 2 aromatic rings. The van der Waals surface area contributed by atoms with Crippen molar-refractivity contribution >= 4 is 17.6 Å². The number of nitrogens with one attached hydrogen (secondary N) is 1. The fourth-order valence-electron chi connectivity index (χ4n) is 3.63. The molecule has 0 bridgehead atoms. The van der Waals surface area contributed by atoms with Crippen molar-refractivity contribution in [1.29, 1.82) is 0 Å². The first-order chi connectivity index (χ1) is 12.2. The fraction of sp³-hybridized carbons (Fsp3) is 0.300. The summed E-state index contributed by atoms with van der Waals surface area (Å²) in [5.74, 6) is -0.0581. The quantitative estimate of drug-likeness (QED) is 0.917. The lowest BCUT2D eigenvalue weighted by atomic mass is 10.0. The third-order valence-electron chi connectivity index (χ3n) is 4.93. The van der Waals surface area contributed by atoms with Gasteiger partial charge in [0.05, 0.1) is 6.54 Å². The number of hydrogen-bond acceptors (Lipinski definition) is 2. The second kappa shape index (κ2) is 6.59. The minimum absolute atomic E-state index is 0.0278. The minimum Gasteiger partial charge on any atom is -0.329 e. The van der Waals surface area contributed by atoms with Gasteiger partial charge in [-0.3, -0.25) is 4.79 Å². The number of aryl methyl sites for hydroxylation is 1. The molecule has 2 heterocycles. The van der Waals surface area contributed by atoms with E-state index in [1.807, 2.05) is 42.5 Å². The Hall–Kier alpha value is -2.82. The van der Waals surface area contributed by atoms with E-state index in [0.717, 1.165) is 18.5 Å². The van der Waals surface area contributed by atoms with Gasteiger partial charge in [0.1, 0.15) is 0 Å². The van der Waals surface area contributed by atoms with Crippen LogP contribution < -0.4 is 10.2 Å². The molecule has 0 radical (unpaired) electrons. The first-order valence-corrected chi connectivity index (χ1v) is 8.70. The Labute approximate surface area is 147 Å². The first-order valence-electron chi connectivity index (χ1n) is 8.70. The maximum Gasteiger partial charge on any atom is 0.318 e. The number of benzene rings is 2.